The molecule has 4 aromatic rings. The highest BCUT2D eigenvalue weighted by molar-refractivity contribution is 5.45. The molecule has 0 aliphatic heterocycles. The molecule has 0 unspecified atom stereocenters. The molecule has 0 saturated heterocycles. The smallest absolute Gasteiger partial charge is 0.362 e. The Kier molecular flexibility index (Phi) is 12.2. The van der Waals surface area contributed by atoms with E-state index in [9.17, 15) is 26.3 Å². The third-order valence-electron chi connectivity index (χ3n) is 6.05. The van der Waals surface area contributed by atoms with Crippen molar-refractivity contribution in [3.8, 4) is 0 Å². The molecule has 0 fully saturated rings. The number of benzene rings is 4. The van der Waals surface area contributed by atoms with Gasteiger partial charge in [0, 0.05) is 13.0 Å². The normalized spacial score (nSPS) is 11.8. The Bertz CT molecular complexity index is 1360. The van der Waals surface area contributed by atoms with Crippen molar-refractivity contribution in [2.45, 2.75) is 45.5 Å². The number of rotatable bonds is 5. The number of aryl methyl sites for hydroxylation is 3. The maximum atomic E-state index is 13.3. The van der Waals surface area contributed by atoms with Gasteiger partial charge < -0.3 is 5.32 Å². The first-order valence-corrected chi connectivity index (χ1v) is 12.8. The zero-order valence-electron chi connectivity index (χ0n) is 23.3. The number of alkyl halides is 6. The second-order valence-electron chi connectivity index (χ2n) is 9.56. The molecule has 0 heterocycles. The van der Waals surface area contributed by atoms with Crippen LogP contribution in [-0.2, 0) is 23.6 Å². The van der Waals surface area contributed by atoms with Gasteiger partial charge in [-0.15, -0.1) is 0 Å². The van der Waals surface area contributed by atoms with Gasteiger partial charge in [0.2, 0.25) is 6.41 Å². The van der Waals surface area contributed by atoms with Crippen molar-refractivity contribution in [1.82, 2.24) is 5.32 Å². The van der Waals surface area contributed by atoms with Crippen molar-refractivity contribution in [3.63, 3.8) is 0 Å². The van der Waals surface area contributed by atoms with Crippen LogP contribution in [0.25, 0.3) is 0 Å². The monoisotopic (exact) mass is 573 g/mol. The van der Waals surface area contributed by atoms with Gasteiger partial charge in [-0.1, -0.05) is 95.6 Å². The Balaban J connectivity index is 0.000000324. The van der Waals surface area contributed by atoms with Crippen molar-refractivity contribution in [2.24, 2.45) is 0 Å². The molecule has 0 aliphatic rings. The van der Waals surface area contributed by atoms with Crippen LogP contribution >= 0.6 is 0 Å². The molecule has 0 aromatic heterocycles. The van der Waals surface area contributed by atoms with Gasteiger partial charge in [0.15, 0.2) is 0 Å². The molecule has 0 spiro atoms. The second kappa shape index (κ2) is 15.1. The number of hydrogen-bond donors (Lipinski definition) is 1. The number of nitrogens with one attached hydrogen (secondary N) is 1. The molecule has 1 N–H and O–H groups in total. The summed E-state index contributed by atoms with van der Waals surface area (Å²) in [7, 11) is 1.56. The largest absolute Gasteiger partial charge is 0.416 e. The number of halogens is 6. The van der Waals surface area contributed by atoms with Gasteiger partial charge in [0.1, 0.15) is 0 Å². The highest BCUT2D eigenvalue weighted by atomic mass is 19.4. The van der Waals surface area contributed by atoms with Gasteiger partial charge in [-0.25, -0.2) is 0 Å². The number of amides is 1. The highest BCUT2D eigenvalue weighted by Crippen LogP contribution is 2.35. The van der Waals surface area contributed by atoms with Crippen LogP contribution in [0.15, 0.2) is 97.1 Å². The molecular weight excluding hydrogens is 540 g/mol. The van der Waals surface area contributed by atoms with E-state index in [1.54, 1.807) is 27.0 Å². The van der Waals surface area contributed by atoms with Gasteiger partial charge in [-0.05, 0) is 62.1 Å². The topological polar surface area (TPSA) is 29.1 Å². The van der Waals surface area contributed by atoms with E-state index < -0.39 is 23.5 Å². The van der Waals surface area contributed by atoms with Crippen molar-refractivity contribution >= 4 is 6.41 Å². The quantitative estimate of drug-likeness (QED) is 0.187. The van der Waals surface area contributed by atoms with Crippen LogP contribution in [0.1, 0.15) is 50.4 Å². The van der Waals surface area contributed by atoms with Crippen LogP contribution in [0.2, 0.25) is 0 Å². The molecule has 0 radical (unpaired) electrons. The lowest BCUT2D eigenvalue weighted by atomic mass is 9.84. The summed E-state index contributed by atoms with van der Waals surface area (Å²) in [5, 5.41) is 2.25. The number of carbonyl (C=O) groups excluding carboxylic acids is 1. The van der Waals surface area contributed by atoms with E-state index in [0.29, 0.717) is 29.5 Å². The average molecular weight is 574 g/mol. The first kappa shape index (κ1) is 33.1. The molecule has 1 atom stereocenters. The van der Waals surface area contributed by atoms with Crippen LogP contribution in [0, 0.1) is 20.8 Å². The van der Waals surface area contributed by atoms with Gasteiger partial charge in [-0.2, -0.15) is 26.3 Å². The maximum Gasteiger partial charge on any atom is 0.416 e. The summed E-state index contributed by atoms with van der Waals surface area (Å²) < 4.78 is 75.8. The molecule has 41 heavy (non-hydrogen) atoms. The number of carbonyl (C=O) groups is 1. The first-order valence-electron chi connectivity index (χ1n) is 12.8. The molecule has 0 aliphatic carbocycles. The van der Waals surface area contributed by atoms with Crippen LogP contribution in [0.4, 0.5) is 26.3 Å². The van der Waals surface area contributed by atoms with Crippen molar-refractivity contribution in [2.75, 3.05) is 7.05 Å². The van der Waals surface area contributed by atoms with Crippen LogP contribution in [-0.4, -0.2) is 13.5 Å². The molecule has 0 bridgehead atoms. The predicted octanol–water partition coefficient (Wildman–Crippen LogP) is 9.07. The Morgan fingerprint density at radius 1 is 0.634 bits per heavy atom. The van der Waals surface area contributed by atoms with Crippen molar-refractivity contribution in [3.05, 3.63) is 142 Å². The summed E-state index contributed by atoms with van der Waals surface area (Å²) in [5.41, 5.74) is 4.04. The summed E-state index contributed by atoms with van der Waals surface area (Å²) in [4.78, 5) is 9.06. The summed E-state index contributed by atoms with van der Waals surface area (Å²) >= 11 is 0. The van der Waals surface area contributed by atoms with Crippen LogP contribution in [0.3, 0.4) is 0 Å². The van der Waals surface area contributed by atoms with E-state index in [1.807, 2.05) is 67.6 Å². The third kappa shape index (κ3) is 11.1. The van der Waals surface area contributed by atoms with Crippen molar-refractivity contribution < 1.29 is 31.1 Å². The minimum Gasteiger partial charge on any atom is -0.362 e. The molecule has 4 aromatic carbocycles. The average Bonchev–Trinajstić information content (AvgIpc) is 2.92. The zero-order valence-corrected chi connectivity index (χ0v) is 23.3. The van der Waals surface area contributed by atoms with Crippen LogP contribution in [0.5, 0.6) is 0 Å². The number of hydrogen-bond acceptors (Lipinski definition) is 1. The molecule has 1 amide bonds. The molecule has 8 heteroatoms. The summed E-state index contributed by atoms with van der Waals surface area (Å²) in [6, 6.07) is 27.5. The van der Waals surface area contributed by atoms with E-state index >= 15 is 0 Å². The molecule has 218 valence electrons. The standard InChI is InChI=1S/C23H21F3.C8H7F3.C2H5NO/c1-16-8-10-19(11-9-16)22(14-18-6-4-3-5-7-18)20-12-17(2)13-21(15-20)23(24,25)26;1-6-3-2-4-7(5-6)8(9,10)11;1-3-2-4/h3-13,15,22H,14H2,1-2H3;2-5H,1H3;2H,1H3,(H,3,4)/t22-;;/m0../s1. The Hall–Kier alpha value is -4.07. The van der Waals surface area contributed by atoms with E-state index in [4.69, 9.17) is 4.79 Å². The fourth-order valence-corrected chi connectivity index (χ4v) is 4.08. The first-order chi connectivity index (χ1) is 19.2. The van der Waals surface area contributed by atoms with E-state index in [1.165, 1.54) is 18.2 Å². The lowest BCUT2D eigenvalue weighted by Crippen LogP contribution is -2.10. The fourth-order valence-electron chi connectivity index (χ4n) is 4.08. The minimum absolute atomic E-state index is 0.126. The van der Waals surface area contributed by atoms with Gasteiger partial charge in [-0.3, -0.25) is 4.79 Å². The fraction of sp³-hybridized carbons (Fsp3) is 0.242. The third-order valence-corrected chi connectivity index (χ3v) is 6.05. The van der Waals surface area contributed by atoms with Gasteiger partial charge in [0.25, 0.3) is 0 Å². The van der Waals surface area contributed by atoms with E-state index in [0.717, 1.165) is 28.8 Å². The lowest BCUT2D eigenvalue weighted by molar-refractivity contribution is -0.138. The summed E-state index contributed by atoms with van der Waals surface area (Å²) in [5.74, 6) is -0.126. The molecule has 0 saturated carbocycles. The van der Waals surface area contributed by atoms with Gasteiger partial charge >= 0.3 is 12.4 Å². The molecule has 4 rings (SSSR count). The Morgan fingerprint density at radius 3 is 1.68 bits per heavy atom. The lowest BCUT2D eigenvalue weighted by Gasteiger charge is -2.21. The van der Waals surface area contributed by atoms with E-state index in [2.05, 4.69) is 5.32 Å². The summed E-state index contributed by atoms with van der Waals surface area (Å²) in [6.07, 6.45) is -7.28. The zero-order chi connectivity index (χ0) is 30.6. The minimum atomic E-state index is -4.34. The molecular formula is C33H33F6NO. The van der Waals surface area contributed by atoms with Gasteiger partial charge in [0.05, 0.1) is 11.1 Å². The van der Waals surface area contributed by atoms with Crippen molar-refractivity contribution in [1.29, 1.82) is 0 Å². The predicted molar refractivity (Wildman–Crippen MR) is 151 cm³/mol. The Labute approximate surface area is 237 Å². The van der Waals surface area contributed by atoms with Crippen LogP contribution < -0.4 is 5.32 Å². The second-order valence-corrected chi connectivity index (χ2v) is 9.56. The Morgan fingerprint density at radius 2 is 1.20 bits per heavy atom. The SMILES string of the molecule is CNC=O.Cc1ccc([C@H](Cc2ccccc2)c2cc(C)cc(C(F)(F)F)c2)cc1.Cc1cccc(C(F)(F)F)c1. The highest BCUT2D eigenvalue weighted by Gasteiger charge is 2.32. The summed E-state index contributed by atoms with van der Waals surface area (Å²) in [6.45, 7) is 5.35. The maximum absolute atomic E-state index is 13.3. The van der Waals surface area contributed by atoms with E-state index in [-0.39, 0.29) is 5.92 Å². The molecule has 2 nitrogen and oxygen atoms in total.